The average Bonchev–Trinajstić information content (AvgIpc) is 2.31. The summed E-state index contributed by atoms with van der Waals surface area (Å²) in [5, 5.41) is 13.8. The van der Waals surface area contributed by atoms with Crippen LogP contribution in [0.5, 0.6) is 0 Å². The van der Waals surface area contributed by atoms with E-state index in [1.54, 1.807) is 0 Å². The summed E-state index contributed by atoms with van der Waals surface area (Å²) in [7, 11) is 0. The number of halogens is 3. The third kappa shape index (κ3) is 2.17. The molecule has 0 amide bonds. The highest BCUT2D eigenvalue weighted by atomic mass is 32.2. The van der Waals surface area contributed by atoms with Crippen LogP contribution in [0.1, 0.15) is 5.69 Å². The van der Waals surface area contributed by atoms with Crippen molar-refractivity contribution in [3.8, 4) is 6.07 Å². The molecule has 0 aliphatic rings. The van der Waals surface area contributed by atoms with Crippen LogP contribution < -0.4 is 0 Å². The number of aromatic nitrogens is 2. The van der Waals surface area contributed by atoms with Gasteiger partial charge < -0.3 is 0 Å². The summed E-state index contributed by atoms with van der Waals surface area (Å²) in [6, 6.07) is 1.53. The number of hydrogen-bond donors (Lipinski definition) is 1. The van der Waals surface area contributed by atoms with Gasteiger partial charge in [0, 0.05) is 6.20 Å². The second-order valence-corrected chi connectivity index (χ2v) is 2.86. The molecule has 0 saturated carbocycles. The third-order valence-electron chi connectivity index (χ3n) is 0.937. The third-order valence-corrected chi connectivity index (χ3v) is 1.70. The van der Waals surface area contributed by atoms with E-state index in [9.17, 15) is 13.2 Å². The quantitative estimate of drug-likeness (QED) is 0.693. The van der Waals surface area contributed by atoms with E-state index in [4.69, 9.17) is 5.26 Å². The lowest BCUT2D eigenvalue weighted by atomic mass is 10.5. The topological polar surface area (TPSA) is 52.5 Å². The van der Waals surface area contributed by atoms with Crippen LogP contribution >= 0.6 is 11.8 Å². The SMILES string of the molecule is N#Cc1n[nH]cc1SC(F)(F)F. The maximum atomic E-state index is 11.7. The van der Waals surface area contributed by atoms with Gasteiger partial charge in [-0.15, -0.1) is 0 Å². The van der Waals surface area contributed by atoms with Crippen LogP contribution in [0, 0.1) is 11.3 Å². The number of aromatic amines is 1. The molecule has 1 aromatic rings. The Labute approximate surface area is 69.6 Å². The molecule has 7 heteroatoms. The van der Waals surface area contributed by atoms with E-state index in [1.807, 2.05) is 0 Å². The standard InChI is InChI=1S/C5H2F3N3S/c6-5(7,8)12-4-2-10-11-3(4)1-9/h2H,(H,10,11). The largest absolute Gasteiger partial charge is 0.446 e. The molecule has 0 aliphatic heterocycles. The summed E-state index contributed by atoms with van der Waals surface area (Å²) < 4.78 is 35.2. The number of thioether (sulfide) groups is 1. The molecule has 0 radical (unpaired) electrons. The Morgan fingerprint density at radius 1 is 1.58 bits per heavy atom. The van der Waals surface area contributed by atoms with Gasteiger partial charge in [-0.2, -0.15) is 23.5 Å². The van der Waals surface area contributed by atoms with Crippen LogP contribution in [0.25, 0.3) is 0 Å². The lowest BCUT2D eigenvalue weighted by molar-refractivity contribution is -0.0328. The van der Waals surface area contributed by atoms with Crippen molar-refractivity contribution in [3.63, 3.8) is 0 Å². The fourth-order valence-electron chi connectivity index (χ4n) is 0.561. The van der Waals surface area contributed by atoms with E-state index in [0.717, 1.165) is 6.20 Å². The molecule has 64 valence electrons. The molecule has 1 heterocycles. The summed E-state index contributed by atoms with van der Waals surface area (Å²) in [5.41, 5.74) is -4.62. The second-order valence-electron chi connectivity index (χ2n) is 1.76. The molecule has 1 aromatic heterocycles. The Balaban J connectivity index is 2.84. The maximum Gasteiger partial charge on any atom is 0.446 e. The monoisotopic (exact) mass is 193 g/mol. The molecular weight excluding hydrogens is 191 g/mol. The molecule has 0 atom stereocenters. The zero-order valence-corrected chi connectivity index (χ0v) is 6.33. The highest BCUT2D eigenvalue weighted by molar-refractivity contribution is 8.00. The van der Waals surface area contributed by atoms with E-state index in [2.05, 4.69) is 10.2 Å². The van der Waals surface area contributed by atoms with E-state index in [1.165, 1.54) is 6.07 Å². The van der Waals surface area contributed by atoms with Crippen molar-refractivity contribution in [2.24, 2.45) is 0 Å². The van der Waals surface area contributed by atoms with Crippen molar-refractivity contribution in [2.75, 3.05) is 0 Å². The summed E-state index contributed by atoms with van der Waals surface area (Å²) >= 11 is -0.358. The Hall–Kier alpha value is -1.16. The number of rotatable bonds is 1. The van der Waals surface area contributed by atoms with Gasteiger partial charge in [0.05, 0.1) is 4.90 Å². The molecule has 0 aliphatic carbocycles. The summed E-state index contributed by atoms with van der Waals surface area (Å²) in [6.45, 7) is 0. The maximum absolute atomic E-state index is 11.7. The Morgan fingerprint density at radius 2 is 2.25 bits per heavy atom. The Bertz CT molecular complexity index is 310. The van der Waals surface area contributed by atoms with Crippen molar-refractivity contribution in [1.82, 2.24) is 10.2 Å². The van der Waals surface area contributed by atoms with Gasteiger partial charge in [-0.1, -0.05) is 0 Å². The lowest BCUT2D eigenvalue weighted by Gasteiger charge is -2.01. The fourth-order valence-corrected chi connectivity index (χ4v) is 1.11. The minimum Gasteiger partial charge on any atom is -0.283 e. The Kier molecular flexibility index (Phi) is 2.28. The molecule has 0 fully saturated rings. The zero-order chi connectivity index (χ0) is 9.19. The van der Waals surface area contributed by atoms with Gasteiger partial charge >= 0.3 is 5.51 Å². The first-order valence-electron chi connectivity index (χ1n) is 2.72. The molecule has 1 N–H and O–H groups in total. The van der Waals surface area contributed by atoms with Crippen LogP contribution in [0.2, 0.25) is 0 Å². The van der Waals surface area contributed by atoms with Crippen LogP contribution in [-0.4, -0.2) is 15.7 Å². The highest BCUT2D eigenvalue weighted by Gasteiger charge is 2.31. The van der Waals surface area contributed by atoms with Gasteiger partial charge in [-0.05, 0) is 11.8 Å². The second kappa shape index (κ2) is 3.06. The minimum absolute atomic E-state index is 0.204. The number of nitrogens with zero attached hydrogens (tertiary/aromatic N) is 2. The molecule has 0 aromatic carbocycles. The minimum atomic E-state index is -4.38. The fraction of sp³-hybridized carbons (Fsp3) is 0.200. The van der Waals surface area contributed by atoms with E-state index < -0.39 is 5.51 Å². The molecule has 12 heavy (non-hydrogen) atoms. The number of alkyl halides is 3. The molecule has 0 bridgehead atoms. The van der Waals surface area contributed by atoms with Gasteiger partial charge in [0.2, 0.25) is 0 Å². The zero-order valence-electron chi connectivity index (χ0n) is 5.51. The smallest absolute Gasteiger partial charge is 0.283 e. The van der Waals surface area contributed by atoms with Crippen molar-refractivity contribution in [3.05, 3.63) is 11.9 Å². The van der Waals surface area contributed by atoms with E-state index >= 15 is 0 Å². The predicted molar refractivity (Wildman–Crippen MR) is 35.2 cm³/mol. The van der Waals surface area contributed by atoms with Gasteiger partial charge in [0.15, 0.2) is 5.69 Å². The van der Waals surface area contributed by atoms with Crippen LogP contribution in [0.4, 0.5) is 13.2 Å². The first-order valence-corrected chi connectivity index (χ1v) is 3.54. The number of nitriles is 1. The summed E-state index contributed by atoms with van der Waals surface area (Å²) in [6.07, 6.45) is 1.04. The molecule has 0 spiro atoms. The normalized spacial score (nSPS) is 11.2. The van der Waals surface area contributed by atoms with Crippen molar-refractivity contribution in [2.45, 2.75) is 10.4 Å². The molecule has 0 saturated heterocycles. The number of H-pyrrole nitrogens is 1. The van der Waals surface area contributed by atoms with Crippen molar-refractivity contribution >= 4 is 11.8 Å². The summed E-state index contributed by atoms with van der Waals surface area (Å²) in [5.74, 6) is 0. The van der Waals surface area contributed by atoms with Crippen LogP contribution in [0.15, 0.2) is 11.1 Å². The molecule has 3 nitrogen and oxygen atoms in total. The van der Waals surface area contributed by atoms with Crippen molar-refractivity contribution in [1.29, 1.82) is 5.26 Å². The first kappa shape index (κ1) is 8.93. The van der Waals surface area contributed by atoms with E-state index in [-0.39, 0.29) is 22.4 Å². The van der Waals surface area contributed by atoms with Gasteiger partial charge in [-0.25, -0.2) is 0 Å². The number of nitrogens with one attached hydrogen (secondary N) is 1. The van der Waals surface area contributed by atoms with Crippen LogP contribution in [-0.2, 0) is 0 Å². The first-order chi connectivity index (χ1) is 5.53. The lowest BCUT2D eigenvalue weighted by Crippen LogP contribution is -1.99. The van der Waals surface area contributed by atoms with Crippen molar-refractivity contribution < 1.29 is 13.2 Å². The summed E-state index contributed by atoms with van der Waals surface area (Å²) in [4.78, 5) is -0.204. The molecule has 0 unspecified atom stereocenters. The van der Waals surface area contributed by atoms with Gasteiger partial charge in [0.25, 0.3) is 0 Å². The van der Waals surface area contributed by atoms with Crippen LogP contribution in [0.3, 0.4) is 0 Å². The van der Waals surface area contributed by atoms with E-state index in [0.29, 0.717) is 0 Å². The number of hydrogen-bond acceptors (Lipinski definition) is 3. The predicted octanol–water partition coefficient (Wildman–Crippen LogP) is 1.89. The average molecular weight is 193 g/mol. The van der Waals surface area contributed by atoms with Gasteiger partial charge in [0.1, 0.15) is 6.07 Å². The molecule has 1 rings (SSSR count). The van der Waals surface area contributed by atoms with Gasteiger partial charge in [-0.3, -0.25) is 5.10 Å². The molecular formula is C5H2F3N3S. The Morgan fingerprint density at radius 3 is 2.75 bits per heavy atom. The highest BCUT2D eigenvalue weighted by Crippen LogP contribution is 2.37.